The molecule has 0 aromatic heterocycles. The second kappa shape index (κ2) is 4.73. The lowest BCUT2D eigenvalue weighted by molar-refractivity contribution is -0.120. The van der Waals surface area contributed by atoms with Gasteiger partial charge in [0, 0.05) is 20.1 Å². The molecule has 0 fully saturated rings. The van der Waals surface area contributed by atoms with Gasteiger partial charge in [0.05, 0.1) is 6.61 Å². The average Bonchev–Trinajstić information content (AvgIpc) is 1.87. The second-order valence-electron chi connectivity index (χ2n) is 2.06. The van der Waals surface area contributed by atoms with E-state index in [1.54, 1.807) is 7.11 Å². The quantitative estimate of drug-likeness (QED) is 0.559. The Kier molecular flexibility index (Phi) is 4.67. The van der Waals surface area contributed by atoms with Gasteiger partial charge in [-0.15, -0.1) is 0 Å². The highest BCUT2D eigenvalue weighted by atomic mass is 16.6. The summed E-state index contributed by atoms with van der Waals surface area (Å²) >= 11 is 0. The molecule has 0 spiro atoms. The van der Waals surface area contributed by atoms with Gasteiger partial charge in [-0.1, -0.05) is 6.92 Å². The lowest BCUT2D eigenvalue weighted by Crippen LogP contribution is -2.23. The highest BCUT2D eigenvalue weighted by molar-refractivity contribution is 4.51. The van der Waals surface area contributed by atoms with E-state index in [-0.39, 0.29) is 5.92 Å². The molecule has 3 heteroatoms. The Labute approximate surface area is 55.6 Å². The van der Waals surface area contributed by atoms with Gasteiger partial charge in [0.25, 0.3) is 0 Å². The van der Waals surface area contributed by atoms with Crippen molar-refractivity contribution in [1.29, 1.82) is 0 Å². The summed E-state index contributed by atoms with van der Waals surface area (Å²) in [5.74, 6) is 0.0417. The summed E-state index contributed by atoms with van der Waals surface area (Å²) in [5.41, 5.74) is 0. The first kappa shape index (κ1) is 8.88. The van der Waals surface area contributed by atoms with Crippen molar-refractivity contribution in [2.45, 2.75) is 13.2 Å². The number of aliphatic hydroxyl groups excluding tert-OH is 1. The van der Waals surface area contributed by atoms with Gasteiger partial charge in [0.15, 0.2) is 6.29 Å². The van der Waals surface area contributed by atoms with Crippen LogP contribution in [0.1, 0.15) is 6.92 Å². The molecule has 0 saturated heterocycles. The van der Waals surface area contributed by atoms with Crippen molar-refractivity contribution < 1.29 is 14.6 Å². The first-order valence-corrected chi connectivity index (χ1v) is 2.92. The van der Waals surface area contributed by atoms with Crippen LogP contribution in [0.4, 0.5) is 0 Å². The zero-order valence-electron chi connectivity index (χ0n) is 6.13. The van der Waals surface area contributed by atoms with E-state index < -0.39 is 6.29 Å². The smallest absolute Gasteiger partial charge is 0.158 e. The van der Waals surface area contributed by atoms with Crippen molar-refractivity contribution in [2.24, 2.45) is 5.92 Å². The first-order chi connectivity index (χ1) is 4.22. The third kappa shape index (κ3) is 3.46. The lowest BCUT2D eigenvalue weighted by atomic mass is 10.2. The van der Waals surface area contributed by atoms with Crippen molar-refractivity contribution in [1.82, 2.24) is 0 Å². The van der Waals surface area contributed by atoms with Gasteiger partial charge in [-0.3, -0.25) is 0 Å². The standard InChI is InChI=1S/C6H14O3/c1-5(4-8-2)6(7)9-3/h5-7H,4H2,1-3H3. The molecule has 2 atom stereocenters. The van der Waals surface area contributed by atoms with Crippen molar-refractivity contribution in [3.8, 4) is 0 Å². The van der Waals surface area contributed by atoms with Crippen LogP contribution in [-0.2, 0) is 9.47 Å². The zero-order valence-corrected chi connectivity index (χ0v) is 6.13. The van der Waals surface area contributed by atoms with E-state index in [0.717, 1.165) is 0 Å². The third-order valence-corrected chi connectivity index (χ3v) is 1.16. The molecule has 0 aliphatic rings. The Morgan fingerprint density at radius 3 is 2.33 bits per heavy atom. The van der Waals surface area contributed by atoms with E-state index in [1.165, 1.54) is 7.11 Å². The molecule has 0 aliphatic carbocycles. The van der Waals surface area contributed by atoms with E-state index >= 15 is 0 Å². The number of hydrogen-bond donors (Lipinski definition) is 1. The Bertz CT molecular complexity index is 65.3. The SMILES string of the molecule is COCC(C)C(O)OC. The largest absolute Gasteiger partial charge is 0.384 e. The average molecular weight is 134 g/mol. The Balaban J connectivity index is 3.32. The number of rotatable bonds is 4. The van der Waals surface area contributed by atoms with Gasteiger partial charge in [-0.05, 0) is 0 Å². The molecule has 0 saturated carbocycles. The van der Waals surface area contributed by atoms with Crippen LogP contribution in [-0.4, -0.2) is 32.2 Å². The normalized spacial score (nSPS) is 17.3. The summed E-state index contributed by atoms with van der Waals surface area (Å²) in [4.78, 5) is 0. The minimum absolute atomic E-state index is 0.0417. The van der Waals surface area contributed by atoms with Crippen molar-refractivity contribution in [3.05, 3.63) is 0 Å². The van der Waals surface area contributed by atoms with Crippen molar-refractivity contribution >= 4 is 0 Å². The molecule has 0 rings (SSSR count). The number of methoxy groups -OCH3 is 2. The third-order valence-electron chi connectivity index (χ3n) is 1.16. The van der Waals surface area contributed by atoms with Crippen LogP contribution in [0.5, 0.6) is 0 Å². The molecule has 0 radical (unpaired) electrons. The Morgan fingerprint density at radius 2 is 2.00 bits per heavy atom. The molecular formula is C6H14O3. The van der Waals surface area contributed by atoms with Gasteiger partial charge in [0.2, 0.25) is 0 Å². The lowest BCUT2D eigenvalue weighted by Gasteiger charge is -2.15. The topological polar surface area (TPSA) is 38.7 Å². The van der Waals surface area contributed by atoms with E-state index in [9.17, 15) is 0 Å². The van der Waals surface area contributed by atoms with Gasteiger partial charge in [-0.2, -0.15) is 0 Å². The number of ether oxygens (including phenoxy) is 2. The van der Waals surface area contributed by atoms with Crippen molar-refractivity contribution in [2.75, 3.05) is 20.8 Å². The minimum atomic E-state index is -0.704. The summed E-state index contributed by atoms with van der Waals surface area (Å²) in [7, 11) is 3.07. The highest BCUT2D eigenvalue weighted by Gasteiger charge is 2.11. The maximum Gasteiger partial charge on any atom is 0.158 e. The van der Waals surface area contributed by atoms with Crippen LogP contribution in [0, 0.1) is 5.92 Å². The number of aliphatic hydroxyl groups is 1. The minimum Gasteiger partial charge on any atom is -0.384 e. The summed E-state index contributed by atoms with van der Waals surface area (Å²) in [6, 6.07) is 0. The summed E-state index contributed by atoms with van der Waals surface area (Å²) in [6.45, 7) is 2.38. The molecule has 3 nitrogen and oxygen atoms in total. The van der Waals surface area contributed by atoms with Crippen LogP contribution in [0.25, 0.3) is 0 Å². The zero-order chi connectivity index (χ0) is 7.28. The predicted molar refractivity (Wildman–Crippen MR) is 34.1 cm³/mol. The fourth-order valence-corrected chi connectivity index (χ4v) is 0.578. The molecule has 9 heavy (non-hydrogen) atoms. The number of hydrogen-bond acceptors (Lipinski definition) is 3. The molecule has 0 aromatic carbocycles. The predicted octanol–water partition coefficient (Wildman–Crippen LogP) is 0.234. The molecule has 0 heterocycles. The van der Waals surface area contributed by atoms with E-state index in [2.05, 4.69) is 4.74 Å². The van der Waals surface area contributed by atoms with Crippen LogP contribution in [0.15, 0.2) is 0 Å². The molecule has 1 N–H and O–H groups in total. The maximum absolute atomic E-state index is 8.96. The molecule has 0 amide bonds. The van der Waals surface area contributed by atoms with Crippen LogP contribution in [0.2, 0.25) is 0 Å². The molecule has 0 aliphatic heterocycles. The molecule has 0 bridgehead atoms. The first-order valence-electron chi connectivity index (χ1n) is 2.92. The summed E-state index contributed by atoms with van der Waals surface area (Å²) < 4.78 is 9.43. The monoisotopic (exact) mass is 134 g/mol. The molecular weight excluding hydrogens is 120 g/mol. The van der Waals surface area contributed by atoms with Crippen LogP contribution in [0.3, 0.4) is 0 Å². The van der Waals surface area contributed by atoms with Gasteiger partial charge < -0.3 is 14.6 Å². The van der Waals surface area contributed by atoms with E-state index in [0.29, 0.717) is 6.61 Å². The van der Waals surface area contributed by atoms with E-state index in [1.807, 2.05) is 6.92 Å². The Hall–Kier alpha value is -0.120. The molecule has 0 aromatic rings. The molecule has 2 unspecified atom stereocenters. The fourth-order valence-electron chi connectivity index (χ4n) is 0.578. The Morgan fingerprint density at radius 1 is 1.44 bits per heavy atom. The molecule has 56 valence electrons. The second-order valence-corrected chi connectivity index (χ2v) is 2.06. The fraction of sp³-hybridized carbons (Fsp3) is 1.00. The van der Waals surface area contributed by atoms with E-state index in [4.69, 9.17) is 9.84 Å². The van der Waals surface area contributed by atoms with Crippen LogP contribution >= 0.6 is 0 Å². The summed E-state index contributed by atoms with van der Waals surface area (Å²) in [5, 5.41) is 8.96. The highest BCUT2D eigenvalue weighted by Crippen LogP contribution is 2.02. The summed E-state index contributed by atoms with van der Waals surface area (Å²) in [6.07, 6.45) is -0.704. The van der Waals surface area contributed by atoms with Gasteiger partial charge in [-0.25, -0.2) is 0 Å². The maximum atomic E-state index is 8.96. The van der Waals surface area contributed by atoms with Gasteiger partial charge in [0.1, 0.15) is 0 Å². The van der Waals surface area contributed by atoms with Crippen molar-refractivity contribution in [3.63, 3.8) is 0 Å². The van der Waals surface area contributed by atoms with Crippen LogP contribution < -0.4 is 0 Å². The van der Waals surface area contributed by atoms with Gasteiger partial charge >= 0.3 is 0 Å².